The Morgan fingerprint density at radius 3 is 2.69 bits per heavy atom. The molecule has 0 N–H and O–H groups in total. The Morgan fingerprint density at radius 2 is 1.97 bits per heavy atom. The molecule has 1 aromatic carbocycles. The van der Waals surface area contributed by atoms with Crippen LogP contribution in [0.2, 0.25) is 5.15 Å². The highest BCUT2D eigenvalue weighted by Crippen LogP contribution is 2.40. The molecule has 1 fully saturated rings. The van der Waals surface area contributed by atoms with Crippen LogP contribution in [0.3, 0.4) is 0 Å². The van der Waals surface area contributed by atoms with Gasteiger partial charge in [-0.1, -0.05) is 41.9 Å². The topological polar surface area (TPSA) is 69.6 Å². The first-order chi connectivity index (χ1) is 14.2. The molecule has 0 unspecified atom stereocenters. The fourth-order valence-electron chi connectivity index (χ4n) is 3.17. The van der Waals surface area contributed by atoms with E-state index in [1.807, 2.05) is 31.2 Å². The van der Waals surface area contributed by atoms with E-state index < -0.39 is 0 Å². The van der Waals surface area contributed by atoms with Crippen LogP contribution < -0.4 is 0 Å². The lowest BCUT2D eigenvalue weighted by atomic mass is 10.2. The molecule has 0 spiro atoms. The molecule has 0 saturated heterocycles. The number of furan rings is 1. The third-order valence-corrected chi connectivity index (χ3v) is 5.92. The number of halogens is 1. The van der Waals surface area contributed by atoms with Gasteiger partial charge in [0.1, 0.15) is 21.8 Å². The SMILES string of the molecule is Cc1occc1-c1nnc(Sc2cc(Cl)nc(C3CC3)n2)n1Cc1ccccc1. The van der Waals surface area contributed by atoms with Crippen LogP contribution in [-0.4, -0.2) is 24.7 Å². The average molecular weight is 424 g/mol. The van der Waals surface area contributed by atoms with E-state index in [9.17, 15) is 0 Å². The molecule has 6 nitrogen and oxygen atoms in total. The van der Waals surface area contributed by atoms with E-state index in [1.54, 1.807) is 12.3 Å². The predicted octanol–water partition coefficient (Wildman–Crippen LogP) is 5.37. The standard InChI is InChI=1S/C21H18ClN5OS/c1-13-16(9-10-28-13)20-25-26-21(27(20)12-14-5-3-2-4-6-14)29-18-11-17(22)23-19(24-18)15-7-8-15/h2-6,9-11,15H,7-8,12H2,1H3. The Morgan fingerprint density at radius 1 is 1.14 bits per heavy atom. The third kappa shape index (κ3) is 3.93. The van der Waals surface area contributed by atoms with Crippen molar-refractivity contribution in [1.29, 1.82) is 0 Å². The molecule has 0 atom stereocenters. The van der Waals surface area contributed by atoms with Gasteiger partial charge in [0.25, 0.3) is 0 Å². The molecule has 3 aromatic heterocycles. The summed E-state index contributed by atoms with van der Waals surface area (Å²) >= 11 is 7.70. The Kier molecular flexibility index (Phi) is 4.85. The molecule has 0 amide bonds. The lowest BCUT2D eigenvalue weighted by Gasteiger charge is -2.10. The van der Waals surface area contributed by atoms with E-state index in [2.05, 4.69) is 31.9 Å². The maximum Gasteiger partial charge on any atom is 0.198 e. The van der Waals surface area contributed by atoms with Crippen LogP contribution in [0.1, 0.15) is 35.9 Å². The van der Waals surface area contributed by atoms with E-state index in [4.69, 9.17) is 21.0 Å². The van der Waals surface area contributed by atoms with Crippen molar-refractivity contribution in [2.45, 2.75) is 42.4 Å². The van der Waals surface area contributed by atoms with Gasteiger partial charge >= 0.3 is 0 Å². The second kappa shape index (κ2) is 7.65. The number of nitrogens with zero attached hydrogens (tertiary/aromatic N) is 5. The van der Waals surface area contributed by atoms with Crippen molar-refractivity contribution in [3.63, 3.8) is 0 Å². The van der Waals surface area contributed by atoms with E-state index in [0.29, 0.717) is 17.6 Å². The zero-order chi connectivity index (χ0) is 19.8. The highest BCUT2D eigenvalue weighted by Gasteiger charge is 2.28. The number of rotatable bonds is 6. The predicted molar refractivity (Wildman–Crippen MR) is 111 cm³/mol. The van der Waals surface area contributed by atoms with Crippen molar-refractivity contribution in [1.82, 2.24) is 24.7 Å². The summed E-state index contributed by atoms with van der Waals surface area (Å²) in [6, 6.07) is 13.9. The summed E-state index contributed by atoms with van der Waals surface area (Å²) in [4.78, 5) is 9.07. The fourth-order valence-corrected chi connectivity index (χ4v) is 4.27. The molecule has 4 aromatic rings. The van der Waals surface area contributed by atoms with Gasteiger partial charge < -0.3 is 4.42 Å². The van der Waals surface area contributed by atoms with Gasteiger partial charge in [-0.15, -0.1) is 10.2 Å². The van der Waals surface area contributed by atoms with Crippen molar-refractivity contribution in [3.8, 4) is 11.4 Å². The summed E-state index contributed by atoms with van der Waals surface area (Å²) in [5.74, 6) is 2.83. The Bertz CT molecular complexity index is 1150. The van der Waals surface area contributed by atoms with Gasteiger partial charge in [0, 0.05) is 12.0 Å². The second-order valence-electron chi connectivity index (χ2n) is 7.03. The number of aromatic nitrogens is 5. The normalized spacial score (nSPS) is 13.7. The lowest BCUT2D eigenvalue weighted by Crippen LogP contribution is -2.04. The summed E-state index contributed by atoms with van der Waals surface area (Å²) in [6.45, 7) is 2.57. The van der Waals surface area contributed by atoms with Gasteiger partial charge in [0.15, 0.2) is 11.0 Å². The first-order valence-corrected chi connectivity index (χ1v) is 10.6. The Hall–Kier alpha value is -2.64. The quantitative estimate of drug-likeness (QED) is 0.388. The van der Waals surface area contributed by atoms with E-state index in [0.717, 1.165) is 51.6 Å². The van der Waals surface area contributed by atoms with Crippen LogP contribution in [-0.2, 0) is 6.54 Å². The van der Waals surface area contributed by atoms with E-state index in [1.165, 1.54) is 11.8 Å². The molecule has 8 heteroatoms. The molecule has 29 heavy (non-hydrogen) atoms. The number of aryl methyl sites for hydroxylation is 1. The minimum Gasteiger partial charge on any atom is -0.469 e. The molecular formula is C21H18ClN5OS. The maximum atomic E-state index is 6.25. The summed E-state index contributed by atoms with van der Waals surface area (Å²) < 4.78 is 7.58. The highest BCUT2D eigenvalue weighted by atomic mass is 35.5. The number of hydrogen-bond acceptors (Lipinski definition) is 6. The van der Waals surface area contributed by atoms with Gasteiger partial charge in [-0.05, 0) is 43.2 Å². The molecule has 0 radical (unpaired) electrons. The van der Waals surface area contributed by atoms with Crippen molar-refractivity contribution >= 4 is 23.4 Å². The van der Waals surface area contributed by atoms with Crippen LogP contribution in [0.5, 0.6) is 0 Å². The molecule has 1 aliphatic rings. The summed E-state index contributed by atoms with van der Waals surface area (Å²) in [5, 5.41) is 10.9. The van der Waals surface area contributed by atoms with Crippen LogP contribution in [0.15, 0.2) is 63.3 Å². The summed E-state index contributed by atoms with van der Waals surface area (Å²) in [5.41, 5.74) is 2.09. The lowest BCUT2D eigenvalue weighted by molar-refractivity contribution is 0.534. The minimum absolute atomic E-state index is 0.430. The maximum absolute atomic E-state index is 6.25. The molecule has 0 aliphatic heterocycles. The molecule has 1 aliphatic carbocycles. The van der Waals surface area contributed by atoms with Crippen molar-refractivity contribution in [3.05, 3.63) is 71.0 Å². The van der Waals surface area contributed by atoms with Crippen molar-refractivity contribution < 1.29 is 4.42 Å². The largest absolute Gasteiger partial charge is 0.469 e. The van der Waals surface area contributed by atoms with Crippen molar-refractivity contribution in [2.24, 2.45) is 0 Å². The van der Waals surface area contributed by atoms with Gasteiger partial charge in [0.2, 0.25) is 0 Å². The van der Waals surface area contributed by atoms with Gasteiger partial charge in [0.05, 0.1) is 18.4 Å². The van der Waals surface area contributed by atoms with Gasteiger partial charge in [-0.3, -0.25) is 4.57 Å². The minimum atomic E-state index is 0.430. The summed E-state index contributed by atoms with van der Waals surface area (Å²) in [7, 11) is 0. The van der Waals surface area contributed by atoms with Crippen LogP contribution in [0.4, 0.5) is 0 Å². The zero-order valence-electron chi connectivity index (χ0n) is 15.7. The molecule has 146 valence electrons. The highest BCUT2D eigenvalue weighted by molar-refractivity contribution is 7.99. The van der Waals surface area contributed by atoms with E-state index >= 15 is 0 Å². The fraction of sp³-hybridized carbons (Fsp3) is 0.238. The molecule has 5 rings (SSSR count). The molecular weight excluding hydrogens is 406 g/mol. The number of benzene rings is 1. The van der Waals surface area contributed by atoms with Gasteiger partial charge in [-0.2, -0.15) is 0 Å². The smallest absolute Gasteiger partial charge is 0.198 e. The van der Waals surface area contributed by atoms with Crippen LogP contribution >= 0.6 is 23.4 Å². The van der Waals surface area contributed by atoms with Crippen molar-refractivity contribution in [2.75, 3.05) is 0 Å². The number of hydrogen-bond donors (Lipinski definition) is 0. The first kappa shape index (κ1) is 18.4. The van der Waals surface area contributed by atoms with Crippen LogP contribution in [0.25, 0.3) is 11.4 Å². The third-order valence-electron chi connectivity index (χ3n) is 4.83. The second-order valence-corrected chi connectivity index (χ2v) is 8.41. The van der Waals surface area contributed by atoms with Gasteiger partial charge in [-0.25, -0.2) is 9.97 Å². The Labute approximate surface area is 177 Å². The molecule has 0 bridgehead atoms. The van der Waals surface area contributed by atoms with Crippen LogP contribution in [0, 0.1) is 6.92 Å². The van der Waals surface area contributed by atoms with E-state index in [-0.39, 0.29) is 0 Å². The average Bonchev–Trinajstić information content (AvgIpc) is 3.39. The zero-order valence-corrected chi connectivity index (χ0v) is 17.3. The monoisotopic (exact) mass is 423 g/mol. The first-order valence-electron chi connectivity index (χ1n) is 9.41. The molecule has 3 heterocycles. The Balaban J connectivity index is 1.54. The molecule has 1 saturated carbocycles. The summed E-state index contributed by atoms with van der Waals surface area (Å²) in [6.07, 6.45) is 3.92.